The molecule has 0 aliphatic carbocycles. The molecule has 112 valence electrons. The number of aryl methyl sites for hydroxylation is 3. The van der Waals surface area contributed by atoms with Crippen molar-refractivity contribution in [3.8, 4) is 11.5 Å². The Balaban J connectivity index is 2.77. The van der Waals surface area contributed by atoms with Crippen LogP contribution in [0.3, 0.4) is 0 Å². The van der Waals surface area contributed by atoms with Crippen LogP contribution in [0.2, 0.25) is 0 Å². The van der Waals surface area contributed by atoms with Gasteiger partial charge in [0.25, 0.3) is 0 Å². The van der Waals surface area contributed by atoms with E-state index in [1.54, 1.807) is 27.7 Å². The molecule has 0 bridgehead atoms. The molecule has 0 aliphatic rings. The van der Waals surface area contributed by atoms with Crippen LogP contribution in [0, 0.1) is 27.7 Å². The predicted molar refractivity (Wildman–Crippen MR) is 80.6 cm³/mol. The van der Waals surface area contributed by atoms with Crippen LogP contribution in [0.25, 0.3) is 0 Å². The van der Waals surface area contributed by atoms with E-state index in [0.717, 1.165) is 0 Å². The third kappa shape index (κ3) is 2.61. The maximum atomic E-state index is 12.9. The summed E-state index contributed by atoms with van der Waals surface area (Å²) < 4.78 is 25.7. The number of hydrogen-bond donors (Lipinski definition) is 2. The Morgan fingerprint density at radius 1 is 0.762 bits per heavy atom. The van der Waals surface area contributed by atoms with Gasteiger partial charge in [0.1, 0.15) is 11.5 Å². The topological polar surface area (TPSA) is 74.6 Å². The molecule has 0 spiro atoms. The largest absolute Gasteiger partial charge is 0.508 e. The van der Waals surface area contributed by atoms with E-state index in [9.17, 15) is 18.6 Å². The lowest BCUT2D eigenvalue weighted by atomic mass is 10.1. The van der Waals surface area contributed by atoms with Gasteiger partial charge in [-0.05, 0) is 74.2 Å². The van der Waals surface area contributed by atoms with Crippen molar-refractivity contribution in [1.82, 2.24) is 0 Å². The van der Waals surface area contributed by atoms with Gasteiger partial charge < -0.3 is 10.2 Å². The molecule has 0 aromatic heterocycles. The average molecular weight is 306 g/mol. The molecule has 4 nitrogen and oxygen atoms in total. The first-order chi connectivity index (χ1) is 9.64. The molecule has 0 aliphatic heterocycles. The molecule has 2 aromatic rings. The van der Waals surface area contributed by atoms with Crippen molar-refractivity contribution < 1.29 is 18.6 Å². The normalized spacial score (nSPS) is 11.6. The van der Waals surface area contributed by atoms with Crippen molar-refractivity contribution in [2.75, 3.05) is 0 Å². The zero-order valence-electron chi connectivity index (χ0n) is 12.4. The summed E-state index contributed by atoms with van der Waals surface area (Å²) in [6.45, 7) is 6.75. The van der Waals surface area contributed by atoms with Crippen molar-refractivity contribution in [1.29, 1.82) is 0 Å². The highest BCUT2D eigenvalue weighted by Crippen LogP contribution is 2.33. The lowest BCUT2D eigenvalue weighted by molar-refractivity contribution is 0.469. The van der Waals surface area contributed by atoms with Crippen molar-refractivity contribution in [2.24, 2.45) is 0 Å². The van der Waals surface area contributed by atoms with E-state index < -0.39 is 9.84 Å². The van der Waals surface area contributed by atoms with E-state index in [-0.39, 0.29) is 21.3 Å². The van der Waals surface area contributed by atoms with Crippen molar-refractivity contribution in [3.63, 3.8) is 0 Å². The Hall–Kier alpha value is -2.01. The Bertz CT molecular complexity index is 821. The number of hydrogen-bond acceptors (Lipinski definition) is 4. The third-order valence-corrected chi connectivity index (χ3v) is 5.70. The van der Waals surface area contributed by atoms with Gasteiger partial charge in [0.15, 0.2) is 0 Å². The van der Waals surface area contributed by atoms with Crippen LogP contribution in [0.4, 0.5) is 0 Å². The second-order valence-corrected chi connectivity index (χ2v) is 7.18. The summed E-state index contributed by atoms with van der Waals surface area (Å²) >= 11 is 0. The van der Waals surface area contributed by atoms with Crippen LogP contribution >= 0.6 is 0 Å². The summed E-state index contributed by atoms with van der Waals surface area (Å²) in [4.78, 5) is 0.235. The molecule has 21 heavy (non-hydrogen) atoms. The van der Waals surface area contributed by atoms with E-state index in [1.807, 2.05) is 0 Å². The number of aromatic hydroxyl groups is 2. The monoisotopic (exact) mass is 306 g/mol. The van der Waals surface area contributed by atoms with Gasteiger partial charge in [0, 0.05) is 0 Å². The molecule has 0 fully saturated rings. The molecule has 0 saturated carbocycles. The molecule has 2 N–H and O–H groups in total. The fourth-order valence-corrected chi connectivity index (χ4v) is 4.16. The van der Waals surface area contributed by atoms with Gasteiger partial charge in [-0.3, -0.25) is 0 Å². The first-order valence-electron chi connectivity index (χ1n) is 6.50. The van der Waals surface area contributed by atoms with Crippen molar-refractivity contribution in [3.05, 3.63) is 46.5 Å². The minimum absolute atomic E-state index is 0.0651. The first kappa shape index (κ1) is 15.4. The smallest absolute Gasteiger partial charge is 0.207 e. The van der Waals surface area contributed by atoms with Gasteiger partial charge in [0.05, 0.1) is 9.79 Å². The Morgan fingerprint density at radius 2 is 1.38 bits per heavy atom. The maximum Gasteiger partial charge on any atom is 0.207 e. The maximum absolute atomic E-state index is 12.9. The van der Waals surface area contributed by atoms with Crippen molar-refractivity contribution in [2.45, 2.75) is 37.5 Å². The van der Waals surface area contributed by atoms with Crippen LogP contribution in [0.5, 0.6) is 11.5 Å². The summed E-state index contributed by atoms with van der Waals surface area (Å²) in [5.74, 6) is -0.0138. The lowest BCUT2D eigenvalue weighted by Crippen LogP contribution is -2.07. The fourth-order valence-electron chi connectivity index (χ4n) is 2.27. The van der Waals surface area contributed by atoms with E-state index in [1.165, 1.54) is 24.3 Å². The molecule has 0 heterocycles. The zero-order valence-corrected chi connectivity index (χ0v) is 13.2. The van der Waals surface area contributed by atoms with Gasteiger partial charge in [-0.2, -0.15) is 0 Å². The van der Waals surface area contributed by atoms with Gasteiger partial charge in [-0.1, -0.05) is 0 Å². The second kappa shape index (κ2) is 5.07. The average Bonchev–Trinajstić information content (AvgIpc) is 2.37. The van der Waals surface area contributed by atoms with Gasteiger partial charge in [-0.15, -0.1) is 0 Å². The highest BCUT2D eigenvalue weighted by atomic mass is 32.2. The SMILES string of the molecule is Cc1cc(S(=O)(=O)c2cc(O)cc(C)c2C)c(C)cc1O. The number of rotatable bonds is 2. The number of phenols is 2. The molecule has 0 atom stereocenters. The third-order valence-electron chi connectivity index (χ3n) is 3.68. The Labute approximate surface area is 124 Å². The molecular formula is C16H18O4S. The van der Waals surface area contributed by atoms with Crippen LogP contribution < -0.4 is 0 Å². The minimum atomic E-state index is -3.76. The molecule has 2 aromatic carbocycles. The van der Waals surface area contributed by atoms with Gasteiger partial charge in [0.2, 0.25) is 9.84 Å². The molecular weight excluding hydrogens is 288 g/mol. The van der Waals surface area contributed by atoms with E-state index in [2.05, 4.69) is 0 Å². The predicted octanol–water partition coefficient (Wildman–Crippen LogP) is 3.16. The molecule has 5 heteroatoms. The summed E-state index contributed by atoms with van der Waals surface area (Å²) in [6, 6.07) is 5.69. The van der Waals surface area contributed by atoms with E-state index in [0.29, 0.717) is 22.3 Å². The summed E-state index contributed by atoms with van der Waals surface area (Å²) in [5, 5.41) is 19.4. The fraction of sp³-hybridized carbons (Fsp3) is 0.250. The Kier molecular flexibility index (Phi) is 3.72. The first-order valence-corrected chi connectivity index (χ1v) is 7.98. The highest BCUT2D eigenvalue weighted by molar-refractivity contribution is 7.91. The van der Waals surface area contributed by atoms with Crippen LogP contribution in [0.15, 0.2) is 34.1 Å². The Morgan fingerprint density at radius 3 is 2.00 bits per heavy atom. The summed E-state index contributed by atoms with van der Waals surface area (Å²) in [5.41, 5.74) is 2.28. The summed E-state index contributed by atoms with van der Waals surface area (Å²) in [6.07, 6.45) is 0. The standard InChI is InChI=1S/C16H18O4S/c1-9-5-13(17)8-16(12(9)4)21(19,20)15-7-10(2)14(18)6-11(15)3/h5-8,17-18H,1-4H3. The molecule has 0 unspecified atom stereocenters. The second-order valence-electron chi connectivity index (χ2n) is 5.29. The number of sulfone groups is 1. The zero-order chi connectivity index (χ0) is 15.9. The van der Waals surface area contributed by atoms with Crippen LogP contribution in [0.1, 0.15) is 22.3 Å². The van der Waals surface area contributed by atoms with Crippen LogP contribution in [-0.2, 0) is 9.84 Å². The lowest BCUT2D eigenvalue weighted by Gasteiger charge is -2.14. The molecule has 0 radical (unpaired) electrons. The number of phenolic OH excluding ortho intramolecular Hbond substituents is 2. The summed E-state index contributed by atoms with van der Waals surface area (Å²) in [7, 11) is -3.76. The van der Waals surface area contributed by atoms with Gasteiger partial charge in [-0.25, -0.2) is 8.42 Å². The highest BCUT2D eigenvalue weighted by Gasteiger charge is 2.24. The van der Waals surface area contributed by atoms with E-state index in [4.69, 9.17) is 0 Å². The molecule has 0 amide bonds. The van der Waals surface area contributed by atoms with Gasteiger partial charge >= 0.3 is 0 Å². The van der Waals surface area contributed by atoms with Crippen molar-refractivity contribution >= 4 is 9.84 Å². The number of benzene rings is 2. The molecule has 0 saturated heterocycles. The minimum Gasteiger partial charge on any atom is -0.508 e. The van der Waals surface area contributed by atoms with E-state index >= 15 is 0 Å². The van der Waals surface area contributed by atoms with Crippen LogP contribution in [-0.4, -0.2) is 18.6 Å². The molecule has 2 rings (SSSR count). The quantitative estimate of drug-likeness (QED) is 0.893.